The van der Waals surface area contributed by atoms with Gasteiger partial charge in [0.1, 0.15) is 12.6 Å². The van der Waals surface area contributed by atoms with Gasteiger partial charge in [-0.3, -0.25) is 9.36 Å². The third-order valence-corrected chi connectivity index (χ3v) is 7.46. The van der Waals surface area contributed by atoms with E-state index < -0.39 is 42.6 Å². The normalized spacial score (nSPS) is 13.8. The van der Waals surface area contributed by atoms with Crippen LogP contribution in [0.1, 0.15) is 54.4 Å². The van der Waals surface area contributed by atoms with Crippen molar-refractivity contribution in [3.63, 3.8) is 0 Å². The van der Waals surface area contributed by atoms with Crippen molar-refractivity contribution in [2.24, 2.45) is 11.8 Å². The molecule has 1 amide bonds. The van der Waals surface area contributed by atoms with Crippen molar-refractivity contribution >= 4 is 25.9 Å². The topological polar surface area (TPSA) is 148 Å². The molecule has 0 spiro atoms. The van der Waals surface area contributed by atoms with Crippen LogP contribution < -0.4 is 5.32 Å². The lowest BCUT2D eigenvalue weighted by molar-refractivity contribution is -0.148. The van der Waals surface area contributed by atoms with Gasteiger partial charge in [0.25, 0.3) is 0 Å². The van der Waals surface area contributed by atoms with E-state index in [0.717, 1.165) is 0 Å². The number of esters is 2. The summed E-state index contributed by atoms with van der Waals surface area (Å²) in [6, 6.07) is -1.20. The Labute approximate surface area is 190 Å². The molecular weight excluding hydrogens is 441 g/mol. The second kappa shape index (κ2) is 14.4. The highest BCUT2D eigenvalue weighted by atomic mass is 31.2. The fourth-order valence-corrected chi connectivity index (χ4v) is 6.00. The van der Waals surface area contributed by atoms with Crippen LogP contribution >= 0.6 is 7.60 Å². The number of hydrogen-bond donors (Lipinski definition) is 3. The van der Waals surface area contributed by atoms with Gasteiger partial charge in [-0.15, -0.1) is 0 Å². The molecule has 0 aliphatic rings. The molecule has 10 nitrogen and oxygen atoms in total. The van der Waals surface area contributed by atoms with Crippen LogP contribution in [0.2, 0.25) is 0 Å². The van der Waals surface area contributed by atoms with Gasteiger partial charge in [0.05, 0.1) is 18.4 Å². The van der Waals surface area contributed by atoms with Gasteiger partial charge in [0, 0.05) is 6.61 Å². The molecule has 0 heterocycles. The van der Waals surface area contributed by atoms with E-state index in [4.69, 9.17) is 14.2 Å². The lowest BCUT2D eigenvalue weighted by Crippen LogP contribution is -2.45. The zero-order valence-corrected chi connectivity index (χ0v) is 20.7. The van der Waals surface area contributed by atoms with Crippen molar-refractivity contribution in [3.8, 4) is 0 Å². The molecule has 186 valence electrons. The van der Waals surface area contributed by atoms with Gasteiger partial charge in [-0.1, -0.05) is 39.3 Å². The van der Waals surface area contributed by atoms with Gasteiger partial charge in [-0.05, 0) is 38.5 Å². The Hall–Kier alpha value is -1.74. The van der Waals surface area contributed by atoms with Crippen LogP contribution in [0.4, 0.5) is 0 Å². The van der Waals surface area contributed by atoms with E-state index >= 15 is 0 Å². The summed E-state index contributed by atoms with van der Waals surface area (Å²) in [7, 11) is -4.73. The molecule has 0 rings (SSSR count). The van der Waals surface area contributed by atoms with Crippen LogP contribution in [0, 0.1) is 11.8 Å². The summed E-state index contributed by atoms with van der Waals surface area (Å²) in [5.74, 6) is -2.22. The summed E-state index contributed by atoms with van der Waals surface area (Å²) in [4.78, 5) is 55.7. The van der Waals surface area contributed by atoms with E-state index in [2.05, 4.69) is 5.32 Å². The monoisotopic (exact) mass is 479 g/mol. The van der Waals surface area contributed by atoms with Gasteiger partial charge < -0.3 is 29.3 Å². The maximum Gasteiger partial charge on any atom is 0.336 e. The minimum absolute atomic E-state index is 0.0821. The molecule has 0 saturated carbocycles. The molecule has 0 bridgehead atoms. The first-order chi connectivity index (χ1) is 14.9. The maximum absolute atomic E-state index is 12.8. The molecule has 0 radical (unpaired) electrons. The fraction of sp³-hybridized carbons (Fsp3) is 0.762. The number of rotatable bonds is 16. The van der Waals surface area contributed by atoms with Crippen molar-refractivity contribution in [2.45, 2.75) is 65.6 Å². The molecule has 0 aliphatic heterocycles. The average molecular weight is 480 g/mol. The predicted octanol–water partition coefficient (Wildman–Crippen LogP) is 2.18. The molecule has 0 fully saturated rings. The van der Waals surface area contributed by atoms with Crippen molar-refractivity contribution in [1.82, 2.24) is 5.32 Å². The predicted molar refractivity (Wildman–Crippen MR) is 119 cm³/mol. The van der Waals surface area contributed by atoms with Crippen LogP contribution in [0.15, 0.2) is 11.6 Å². The molecule has 0 aliphatic carbocycles. The van der Waals surface area contributed by atoms with Gasteiger partial charge >= 0.3 is 19.5 Å². The number of allylic oxidation sites excluding steroid dienone is 1. The number of hydrogen-bond acceptors (Lipinski definition) is 7. The van der Waals surface area contributed by atoms with Crippen molar-refractivity contribution < 1.29 is 42.9 Å². The minimum Gasteiger partial charge on any atom is -0.464 e. The quantitative estimate of drug-likeness (QED) is 0.0995. The van der Waals surface area contributed by atoms with Crippen LogP contribution in [0.25, 0.3) is 0 Å². The SMILES string of the molecule is CCOC(=O)COCCCC(=CC(NC=O)C(=O)OCC)C(C(C)C)(C(C)C)P(=O)(O)O. The lowest BCUT2D eigenvalue weighted by Gasteiger charge is -2.44. The molecule has 0 aromatic carbocycles. The summed E-state index contributed by atoms with van der Waals surface area (Å²) in [6.07, 6.45) is 2.20. The van der Waals surface area contributed by atoms with Crippen LogP contribution in [-0.4, -0.2) is 65.8 Å². The molecule has 0 aromatic heterocycles. The summed E-state index contributed by atoms with van der Waals surface area (Å²) < 4.78 is 27.9. The Morgan fingerprint density at radius 3 is 2.06 bits per heavy atom. The number of ether oxygens (including phenoxy) is 3. The lowest BCUT2D eigenvalue weighted by atomic mass is 9.76. The largest absolute Gasteiger partial charge is 0.464 e. The molecule has 32 heavy (non-hydrogen) atoms. The highest BCUT2D eigenvalue weighted by molar-refractivity contribution is 7.54. The Kier molecular flexibility index (Phi) is 13.6. The first-order valence-corrected chi connectivity index (χ1v) is 12.4. The Morgan fingerprint density at radius 2 is 1.62 bits per heavy atom. The highest BCUT2D eigenvalue weighted by Crippen LogP contribution is 2.63. The molecule has 3 N–H and O–H groups in total. The summed E-state index contributed by atoms with van der Waals surface area (Å²) in [5.41, 5.74) is 0.322. The molecule has 1 unspecified atom stereocenters. The van der Waals surface area contributed by atoms with E-state index in [1.54, 1.807) is 41.5 Å². The minimum atomic E-state index is -4.73. The summed E-state index contributed by atoms with van der Waals surface area (Å²) in [6.45, 7) is 10.3. The molecule has 0 saturated heterocycles. The number of nitrogens with one attached hydrogen (secondary N) is 1. The second-order valence-corrected chi connectivity index (χ2v) is 9.67. The van der Waals surface area contributed by atoms with E-state index in [1.807, 2.05) is 0 Å². The first kappa shape index (κ1) is 30.3. The summed E-state index contributed by atoms with van der Waals surface area (Å²) in [5, 5.41) is 0.773. The molecule has 1 atom stereocenters. The highest BCUT2D eigenvalue weighted by Gasteiger charge is 2.54. The van der Waals surface area contributed by atoms with Gasteiger partial charge in [-0.2, -0.15) is 0 Å². The number of carbonyl (C=O) groups is 3. The van der Waals surface area contributed by atoms with Crippen molar-refractivity contribution in [1.29, 1.82) is 0 Å². The third-order valence-electron chi connectivity index (χ3n) is 5.17. The smallest absolute Gasteiger partial charge is 0.336 e. The van der Waals surface area contributed by atoms with Crippen LogP contribution in [0.3, 0.4) is 0 Å². The summed E-state index contributed by atoms with van der Waals surface area (Å²) >= 11 is 0. The molecule has 11 heteroatoms. The molecule has 0 aromatic rings. The van der Waals surface area contributed by atoms with E-state index in [0.29, 0.717) is 18.4 Å². The van der Waals surface area contributed by atoms with E-state index in [-0.39, 0.29) is 32.8 Å². The van der Waals surface area contributed by atoms with Gasteiger partial charge in [0.15, 0.2) is 0 Å². The Morgan fingerprint density at radius 1 is 1.06 bits per heavy atom. The Balaban J connectivity index is 6.10. The maximum atomic E-state index is 12.8. The van der Waals surface area contributed by atoms with E-state index in [9.17, 15) is 28.7 Å². The van der Waals surface area contributed by atoms with Gasteiger partial charge in [0.2, 0.25) is 6.41 Å². The number of carbonyl (C=O) groups excluding carboxylic acids is 3. The zero-order valence-electron chi connectivity index (χ0n) is 19.8. The average Bonchev–Trinajstić information content (AvgIpc) is 2.66. The van der Waals surface area contributed by atoms with Crippen molar-refractivity contribution in [2.75, 3.05) is 26.4 Å². The van der Waals surface area contributed by atoms with Crippen LogP contribution in [0.5, 0.6) is 0 Å². The fourth-order valence-electron chi connectivity index (χ4n) is 4.10. The van der Waals surface area contributed by atoms with Crippen LogP contribution in [-0.2, 0) is 33.2 Å². The van der Waals surface area contributed by atoms with E-state index in [1.165, 1.54) is 6.08 Å². The zero-order chi connectivity index (χ0) is 24.9. The second-order valence-electron chi connectivity index (χ2n) is 7.85. The van der Waals surface area contributed by atoms with Gasteiger partial charge in [-0.25, -0.2) is 9.59 Å². The molecular formula is C21H38NO9P. The third kappa shape index (κ3) is 8.31. The first-order valence-electron chi connectivity index (χ1n) is 10.8. The number of amides is 1. The Bertz CT molecular complexity index is 677. The standard InChI is InChI=1S/C21H38NO9P/c1-7-30-19(24)13-29-11-9-10-17(12-18(22-14-23)20(25)31-8-2)21(15(3)4,16(5)6)32(26,27)28/h12,14-16,18H,7-11,13H2,1-6H3,(H,22,23)(H2,26,27,28). The van der Waals surface area contributed by atoms with Crippen molar-refractivity contribution in [3.05, 3.63) is 11.6 Å².